The molecule has 113 heavy (non-hydrogen) atoms. The topological polar surface area (TPSA) is 160 Å². The minimum atomic E-state index is 0.606. The van der Waals surface area contributed by atoms with Crippen molar-refractivity contribution in [3.8, 4) is 142 Å². The van der Waals surface area contributed by atoms with Gasteiger partial charge in [-0.1, -0.05) is 273 Å². The van der Waals surface area contributed by atoms with Crippen LogP contribution in [0.4, 0.5) is 0 Å². The van der Waals surface area contributed by atoms with Crippen LogP contribution in [0.2, 0.25) is 0 Å². The lowest BCUT2D eigenvalue weighted by Crippen LogP contribution is -2.01. The highest BCUT2D eigenvalue weighted by atomic mass is 15.0. The van der Waals surface area contributed by atoms with E-state index >= 15 is 0 Å². The Balaban J connectivity index is 0.000000151. The van der Waals surface area contributed by atoms with Crippen LogP contribution < -0.4 is 0 Å². The Labute approximate surface area is 649 Å². The Morgan fingerprint density at radius 1 is 0.168 bits per heavy atom. The first-order valence-electron chi connectivity index (χ1n) is 37.4. The zero-order chi connectivity index (χ0) is 75.0. The van der Waals surface area contributed by atoms with Crippen LogP contribution in [-0.4, -0.2) is 64.4 Å². The molecule has 0 amide bonds. The van der Waals surface area contributed by atoms with Gasteiger partial charge >= 0.3 is 0 Å². The quantitative estimate of drug-likeness (QED) is 0.108. The van der Waals surface area contributed by atoms with E-state index in [1.807, 2.05) is 140 Å². The molecule has 0 saturated carbocycles. The fourth-order valence-corrected chi connectivity index (χ4v) is 14.7. The van der Waals surface area contributed by atoms with Crippen molar-refractivity contribution >= 4 is 65.4 Å². The van der Waals surface area contributed by atoms with Gasteiger partial charge in [0.05, 0.1) is 67.3 Å². The van der Waals surface area contributed by atoms with Crippen molar-refractivity contribution < 1.29 is 0 Å². The summed E-state index contributed by atoms with van der Waals surface area (Å²) in [6, 6.07) is 126. The molecule has 12 aromatic carbocycles. The molecule has 21 aromatic rings. The number of pyridine rings is 6. The summed E-state index contributed by atoms with van der Waals surface area (Å²) in [4.78, 5) is 58.8. The third-order valence-electron chi connectivity index (χ3n) is 20.5. The Kier molecular flexibility index (Phi) is 17.3. The van der Waals surface area contributed by atoms with Gasteiger partial charge in [0.1, 0.15) is 0 Å². The molecule has 0 aliphatic carbocycles. The minimum absolute atomic E-state index is 0.606. The van der Waals surface area contributed by atoms with Crippen LogP contribution in [-0.2, 0) is 0 Å². The van der Waals surface area contributed by atoms with E-state index in [2.05, 4.69) is 245 Å². The summed E-state index contributed by atoms with van der Waals surface area (Å²) < 4.78 is 2.32. The first kappa shape index (κ1) is 66.8. The standard InChI is InChI=1S/C56H35N7.C44H28N6/c1-2-11-39(12-3-1)54-60-55(62-56(61-54)43-13-10-14-44(33-43)63-52-18-6-4-15-45(52)46-16-5-7-19-53(46)63)40-24-20-36(21-25-40)41-26-22-37-28-30-47(58-50(37)34-41)42-27-23-38-29-31-49(59-51(38)35-42)48-17-8-9-32-57-48;1-3-9-32(10-4-1)42-48-43(33-11-5-2-6-12-33)50-44(49-42)34-18-14-29(15-19-34)35-20-16-30-22-24-37(46-40(30)27-35)36-21-17-31-23-25-39(47-41(31)28-36)38-13-7-8-26-45-38/h1-35H;1-28H. The Hall–Kier alpha value is -15.6. The SMILES string of the molecule is c1ccc(-c2nc(-c3ccc(-c4ccc5ccc(-c6ccc7ccc(-c8ccccn8)nc7c6)nc5c4)cc3)nc(-c3cccc(-n4c5ccccc5c5ccccc54)c3)n2)cc1.c1ccc(-c2nc(-c3ccccc3)nc(-c3ccc(-c4ccc5ccc(-c6ccc7ccc(-c8ccccn8)nc7c6)nc5c4)cc3)n2)cc1. The smallest absolute Gasteiger partial charge is 0.164 e. The summed E-state index contributed by atoms with van der Waals surface area (Å²) in [5, 5.41) is 6.73. The highest BCUT2D eigenvalue weighted by molar-refractivity contribution is 6.09. The van der Waals surface area contributed by atoms with Crippen molar-refractivity contribution in [3.63, 3.8) is 0 Å². The third-order valence-corrected chi connectivity index (χ3v) is 20.5. The second-order valence-corrected chi connectivity index (χ2v) is 27.6. The van der Waals surface area contributed by atoms with Gasteiger partial charge in [-0.2, -0.15) is 0 Å². The van der Waals surface area contributed by atoms with Gasteiger partial charge in [0.15, 0.2) is 34.9 Å². The molecule has 0 unspecified atom stereocenters. The monoisotopic (exact) mass is 1450 g/mol. The maximum Gasteiger partial charge on any atom is 0.164 e. The predicted octanol–water partition coefficient (Wildman–Crippen LogP) is 23.8. The maximum absolute atomic E-state index is 5.14. The van der Waals surface area contributed by atoms with Crippen LogP contribution in [0.5, 0.6) is 0 Å². The van der Waals surface area contributed by atoms with E-state index < -0.39 is 0 Å². The highest BCUT2D eigenvalue weighted by Gasteiger charge is 2.19. The van der Waals surface area contributed by atoms with Crippen molar-refractivity contribution in [2.45, 2.75) is 0 Å². The molecule has 0 atom stereocenters. The van der Waals surface area contributed by atoms with E-state index in [1.54, 1.807) is 12.4 Å². The first-order valence-corrected chi connectivity index (χ1v) is 37.4. The van der Waals surface area contributed by atoms with E-state index in [-0.39, 0.29) is 0 Å². The molecule has 13 heteroatoms. The van der Waals surface area contributed by atoms with Crippen LogP contribution in [0.1, 0.15) is 0 Å². The summed E-state index contributed by atoms with van der Waals surface area (Å²) in [6.45, 7) is 0. The van der Waals surface area contributed by atoms with E-state index in [9.17, 15) is 0 Å². The molecule has 0 saturated heterocycles. The molecule has 0 fully saturated rings. The van der Waals surface area contributed by atoms with Crippen molar-refractivity contribution in [2.24, 2.45) is 0 Å². The summed E-state index contributed by atoms with van der Waals surface area (Å²) in [6.07, 6.45) is 3.58. The molecule has 528 valence electrons. The molecular formula is C100H63N13. The maximum atomic E-state index is 5.14. The number of aromatic nitrogens is 13. The van der Waals surface area contributed by atoms with Crippen molar-refractivity contribution in [1.29, 1.82) is 0 Å². The lowest BCUT2D eigenvalue weighted by atomic mass is 10.0. The van der Waals surface area contributed by atoms with Gasteiger partial charge in [-0.05, 0) is 119 Å². The van der Waals surface area contributed by atoms with Gasteiger partial charge in [0.25, 0.3) is 0 Å². The van der Waals surface area contributed by atoms with Crippen molar-refractivity contribution in [3.05, 3.63) is 382 Å². The van der Waals surface area contributed by atoms with Gasteiger partial charge in [-0.15, -0.1) is 0 Å². The number of hydrogen-bond acceptors (Lipinski definition) is 12. The minimum Gasteiger partial charge on any atom is -0.309 e. The summed E-state index contributed by atoms with van der Waals surface area (Å²) in [5.74, 6) is 3.75. The normalized spacial score (nSPS) is 11.4. The van der Waals surface area contributed by atoms with E-state index in [0.717, 1.165) is 161 Å². The van der Waals surface area contributed by atoms with Crippen molar-refractivity contribution in [1.82, 2.24) is 64.4 Å². The van der Waals surface area contributed by atoms with Crippen LogP contribution in [0.3, 0.4) is 0 Å². The molecule has 0 aliphatic rings. The van der Waals surface area contributed by atoms with Crippen LogP contribution in [0, 0.1) is 0 Å². The molecule has 0 N–H and O–H groups in total. The number of rotatable bonds is 13. The average Bonchev–Trinajstić information content (AvgIpc) is 1.54. The molecule has 9 heterocycles. The fraction of sp³-hybridized carbons (Fsp3) is 0. The summed E-state index contributed by atoms with van der Waals surface area (Å²) in [7, 11) is 0. The Bertz CT molecular complexity index is 7040. The number of para-hydroxylation sites is 2. The van der Waals surface area contributed by atoms with E-state index in [4.69, 9.17) is 49.8 Å². The van der Waals surface area contributed by atoms with Crippen molar-refractivity contribution in [2.75, 3.05) is 0 Å². The lowest BCUT2D eigenvalue weighted by Gasteiger charge is -2.12. The lowest BCUT2D eigenvalue weighted by molar-refractivity contribution is 1.07. The first-order chi connectivity index (χ1) is 55.9. The molecule has 0 radical (unpaired) electrons. The Morgan fingerprint density at radius 3 is 0.850 bits per heavy atom. The largest absolute Gasteiger partial charge is 0.309 e. The molecule has 21 rings (SSSR count). The van der Waals surface area contributed by atoms with Gasteiger partial charge in [0.2, 0.25) is 0 Å². The highest BCUT2D eigenvalue weighted by Crippen LogP contribution is 2.37. The zero-order valence-electron chi connectivity index (χ0n) is 60.7. The number of nitrogens with zero attached hydrogens (tertiary/aromatic N) is 13. The number of fused-ring (bicyclic) bond motifs is 7. The van der Waals surface area contributed by atoms with Gasteiger partial charge in [0, 0.05) is 94.9 Å². The summed E-state index contributed by atoms with van der Waals surface area (Å²) >= 11 is 0. The molecule has 0 bridgehead atoms. The van der Waals surface area contributed by atoms with E-state index in [0.29, 0.717) is 34.9 Å². The van der Waals surface area contributed by atoms with Gasteiger partial charge < -0.3 is 4.57 Å². The van der Waals surface area contributed by atoms with Gasteiger partial charge in [-0.3, -0.25) is 9.97 Å². The number of hydrogen-bond donors (Lipinski definition) is 0. The van der Waals surface area contributed by atoms with Gasteiger partial charge in [-0.25, -0.2) is 49.8 Å². The molecule has 9 aromatic heterocycles. The number of benzene rings is 12. The third kappa shape index (κ3) is 13.5. The van der Waals surface area contributed by atoms with Crippen LogP contribution in [0.15, 0.2) is 382 Å². The molecule has 0 aliphatic heterocycles. The average molecular weight is 1450 g/mol. The Morgan fingerprint density at radius 2 is 0.460 bits per heavy atom. The summed E-state index contributed by atoms with van der Waals surface area (Å²) in [5.41, 5.74) is 24.1. The molecule has 0 spiro atoms. The fourth-order valence-electron chi connectivity index (χ4n) is 14.7. The molecular weight excluding hydrogens is 1380 g/mol. The van der Waals surface area contributed by atoms with E-state index in [1.165, 1.54) is 10.8 Å². The second kappa shape index (κ2) is 29.2. The van der Waals surface area contributed by atoms with Crippen LogP contribution in [0.25, 0.3) is 207 Å². The molecule has 13 nitrogen and oxygen atoms in total. The van der Waals surface area contributed by atoms with Crippen LogP contribution >= 0.6 is 0 Å². The zero-order valence-corrected chi connectivity index (χ0v) is 60.7. The predicted molar refractivity (Wildman–Crippen MR) is 456 cm³/mol. The second-order valence-electron chi connectivity index (χ2n) is 27.6.